The SMILES string of the molecule is Cl.Cn1cnc(S(=O)(=O)NCCC2CCCNC2)c1Cl. The Balaban J connectivity index is 0.00000200. The molecule has 9 heteroatoms. The van der Waals surface area contributed by atoms with Gasteiger partial charge in [0.1, 0.15) is 5.15 Å². The fourth-order valence-corrected chi connectivity index (χ4v) is 3.68. The highest BCUT2D eigenvalue weighted by atomic mass is 35.5. The lowest BCUT2D eigenvalue weighted by molar-refractivity contribution is 0.358. The summed E-state index contributed by atoms with van der Waals surface area (Å²) in [5.74, 6) is 0.538. The molecule has 2 N–H and O–H groups in total. The van der Waals surface area contributed by atoms with Crippen molar-refractivity contribution >= 4 is 34.0 Å². The van der Waals surface area contributed by atoms with E-state index < -0.39 is 10.0 Å². The van der Waals surface area contributed by atoms with Crippen molar-refractivity contribution in [2.24, 2.45) is 13.0 Å². The molecule has 0 amide bonds. The average Bonchev–Trinajstić information content (AvgIpc) is 2.72. The van der Waals surface area contributed by atoms with Crippen LogP contribution in [-0.4, -0.2) is 37.6 Å². The fraction of sp³-hybridized carbons (Fsp3) is 0.727. The molecule has 2 rings (SSSR count). The van der Waals surface area contributed by atoms with Crippen molar-refractivity contribution in [3.63, 3.8) is 0 Å². The van der Waals surface area contributed by atoms with E-state index in [9.17, 15) is 8.42 Å². The van der Waals surface area contributed by atoms with E-state index in [1.54, 1.807) is 7.05 Å². The van der Waals surface area contributed by atoms with Gasteiger partial charge in [-0.3, -0.25) is 0 Å². The number of hydrogen-bond acceptors (Lipinski definition) is 4. The number of halogens is 2. The minimum atomic E-state index is -3.61. The summed E-state index contributed by atoms with van der Waals surface area (Å²) in [6, 6.07) is 0. The molecule has 0 radical (unpaired) electrons. The molecule has 0 aromatic carbocycles. The number of hydrogen-bond donors (Lipinski definition) is 2. The molecule has 1 aromatic rings. The van der Waals surface area contributed by atoms with Crippen LogP contribution < -0.4 is 10.0 Å². The van der Waals surface area contributed by atoms with Crippen molar-refractivity contribution in [3.8, 4) is 0 Å². The van der Waals surface area contributed by atoms with Gasteiger partial charge in [-0.1, -0.05) is 11.6 Å². The van der Waals surface area contributed by atoms with Crippen molar-refractivity contribution in [3.05, 3.63) is 11.5 Å². The maximum absolute atomic E-state index is 12.0. The average molecular weight is 343 g/mol. The Morgan fingerprint density at radius 1 is 1.60 bits per heavy atom. The van der Waals surface area contributed by atoms with Crippen LogP contribution in [0.2, 0.25) is 5.15 Å². The van der Waals surface area contributed by atoms with Gasteiger partial charge in [-0.05, 0) is 38.3 Å². The number of imidazole rings is 1. The van der Waals surface area contributed by atoms with Gasteiger partial charge in [-0.2, -0.15) is 0 Å². The third kappa shape index (κ3) is 4.33. The van der Waals surface area contributed by atoms with Crippen LogP contribution >= 0.6 is 24.0 Å². The van der Waals surface area contributed by atoms with Crippen LogP contribution in [0, 0.1) is 5.92 Å². The second-order valence-electron chi connectivity index (χ2n) is 4.85. The van der Waals surface area contributed by atoms with Gasteiger partial charge in [0.15, 0.2) is 0 Å². The zero-order valence-electron chi connectivity index (χ0n) is 11.3. The van der Waals surface area contributed by atoms with Crippen LogP contribution in [0.5, 0.6) is 0 Å². The molecule has 6 nitrogen and oxygen atoms in total. The normalized spacial score (nSPS) is 19.6. The molecule has 1 aromatic heterocycles. The number of nitrogens with zero attached hydrogens (tertiary/aromatic N) is 2. The molecule has 20 heavy (non-hydrogen) atoms. The molecule has 2 heterocycles. The molecule has 0 saturated carbocycles. The number of aromatic nitrogens is 2. The Labute approximate surface area is 130 Å². The van der Waals surface area contributed by atoms with E-state index in [1.807, 2.05) is 0 Å². The topological polar surface area (TPSA) is 76.0 Å². The van der Waals surface area contributed by atoms with Crippen molar-refractivity contribution < 1.29 is 8.42 Å². The van der Waals surface area contributed by atoms with Gasteiger partial charge in [0.25, 0.3) is 10.0 Å². The second-order valence-corrected chi connectivity index (χ2v) is 6.89. The third-order valence-electron chi connectivity index (χ3n) is 3.33. The zero-order valence-corrected chi connectivity index (χ0v) is 13.7. The maximum Gasteiger partial charge on any atom is 0.261 e. The summed E-state index contributed by atoms with van der Waals surface area (Å²) < 4.78 is 28.1. The highest BCUT2D eigenvalue weighted by molar-refractivity contribution is 7.89. The first kappa shape index (κ1) is 17.7. The molecule has 1 atom stereocenters. The van der Waals surface area contributed by atoms with Gasteiger partial charge in [-0.15, -0.1) is 12.4 Å². The molecular formula is C11H20Cl2N4O2S. The fourth-order valence-electron chi connectivity index (χ4n) is 2.21. The standard InChI is InChI=1S/C11H19ClN4O2S.ClH/c1-16-8-14-11(10(16)12)19(17,18)15-6-4-9-3-2-5-13-7-9;/h8-9,13,15H,2-7H2,1H3;1H. The van der Waals surface area contributed by atoms with Crippen LogP contribution in [0.25, 0.3) is 0 Å². The van der Waals surface area contributed by atoms with Gasteiger partial charge in [0, 0.05) is 13.6 Å². The predicted molar refractivity (Wildman–Crippen MR) is 80.9 cm³/mol. The van der Waals surface area contributed by atoms with Gasteiger partial charge < -0.3 is 9.88 Å². The highest BCUT2D eigenvalue weighted by Gasteiger charge is 2.22. The van der Waals surface area contributed by atoms with E-state index in [-0.39, 0.29) is 22.6 Å². The number of rotatable bonds is 5. The largest absolute Gasteiger partial charge is 0.324 e. The second kappa shape index (κ2) is 7.61. The predicted octanol–water partition coefficient (Wildman–Crippen LogP) is 1.16. The van der Waals surface area contributed by atoms with Crippen molar-refractivity contribution in [2.45, 2.75) is 24.3 Å². The van der Waals surface area contributed by atoms with Gasteiger partial charge in [0.05, 0.1) is 6.33 Å². The number of nitrogens with one attached hydrogen (secondary N) is 2. The number of aryl methyl sites for hydroxylation is 1. The van der Waals surface area contributed by atoms with Crippen LogP contribution in [0.1, 0.15) is 19.3 Å². The Hall–Kier alpha value is -0.340. The van der Waals surface area contributed by atoms with Crippen LogP contribution in [0.3, 0.4) is 0 Å². The summed E-state index contributed by atoms with van der Waals surface area (Å²) in [5, 5.41) is 3.35. The van der Waals surface area contributed by atoms with Gasteiger partial charge in [-0.25, -0.2) is 18.1 Å². The maximum atomic E-state index is 12.0. The molecule has 0 aliphatic carbocycles. The molecular weight excluding hydrogens is 323 g/mol. The zero-order chi connectivity index (χ0) is 13.9. The Bertz CT molecular complexity index is 527. The molecule has 1 aliphatic heterocycles. The smallest absolute Gasteiger partial charge is 0.261 e. The molecule has 0 bridgehead atoms. The van der Waals surface area contributed by atoms with E-state index in [4.69, 9.17) is 11.6 Å². The Kier molecular flexibility index (Phi) is 6.74. The quantitative estimate of drug-likeness (QED) is 0.841. The minimum absolute atomic E-state index is 0. The summed E-state index contributed by atoms with van der Waals surface area (Å²) >= 11 is 5.89. The monoisotopic (exact) mass is 342 g/mol. The van der Waals surface area contributed by atoms with E-state index in [2.05, 4.69) is 15.0 Å². The van der Waals surface area contributed by atoms with Crippen LogP contribution in [-0.2, 0) is 17.1 Å². The van der Waals surface area contributed by atoms with E-state index >= 15 is 0 Å². The summed E-state index contributed by atoms with van der Waals surface area (Å²) in [4.78, 5) is 3.82. The van der Waals surface area contributed by atoms with Gasteiger partial charge >= 0.3 is 0 Å². The molecule has 1 fully saturated rings. The molecule has 0 spiro atoms. The third-order valence-corrected chi connectivity index (χ3v) is 5.28. The molecule has 1 unspecified atom stereocenters. The summed E-state index contributed by atoms with van der Waals surface area (Å²) in [6.45, 7) is 2.44. The highest BCUT2D eigenvalue weighted by Crippen LogP contribution is 2.19. The van der Waals surface area contributed by atoms with Gasteiger partial charge in [0.2, 0.25) is 5.03 Å². The summed E-state index contributed by atoms with van der Waals surface area (Å²) in [6.07, 6.45) is 4.53. The molecule has 1 saturated heterocycles. The summed E-state index contributed by atoms with van der Waals surface area (Å²) in [5.41, 5.74) is 0. The minimum Gasteiger partial charge on any atom is -0.324 e. The number of piperidine rings is 1. The van der Waals surface area contributed by atoms with Crippen molar-refractivity contribution in [1.82, 2.24) is 19.6 Å². The van der Waals surface area contributed by atoms with Crippen LogP contribution in [0.4, 0.5) is 0 Å². The number of sulfonamides is 1. The first-order valence-electron chi connectivity index (χ1n) is 6.38. The Morgan fingerprint density at radius 3 is 2.90 bits per heavy atom. The lowest BCUT2D eigenvalue weighted by atomic mass is 9.96. The van der Waals surface area contributed by atoms with Crippen molar-refractivity contribution in [2.75, 3.05) is 19.6 Å². The first-order chi connectivity index (χ1) is 9.00. The molecule has 116 valence electrons. The van der Waals surface area contributed by atoms with E-state index in [1.165, 1.54) is 10.9 Å². The first-order valence-corrected chi connectivity index (χ1v) is 8.24. The van der Waals surface area contributed by atoms with E-state index in [0.717, 1.165) is 32.4 Å². The lowest BCUT2D eigenvalue weighted by Crippen LogP contribution is -2.33. The Morgan fingerprint density at radius 2 is 2.35 bits per heavy atom. The molecule has 1 aliphatic rings. The van der Waals surface area contributed by atoms with Crippen molar-refractivity contribution in [1.29, 1.82) is 0 Å². The van der Waals surface area contributed by atoms with Crippen LogP contribution in [0.15, 0.2) is 11.4 Å². The van der Waals surface area contributed by atoms with E-state index in [0.29, 0.717) is 12.5 Å². The lowest BCUT2D eigenvalue weighted by Gasteiger charge is -2.22. The summed E-state index contributed by atoms with van der Waals surface area (Å²) in [7, 11) is -1.95.